The van der Waals surface area contributed by atoms with Crippen LogP contribution in [-0.2, 0) is 6.54 Å². The number of aryl methyl sites for hydroxylation is 2. The predicted molar refractivity (Wildman–Crippen MR) is 87.6 cm³/mol. The van der Waals surface area contributed by atoms with E-state index in [-0.39, 0.29) is 12.1 Å². The lowest BCUT2D eigenvalue weighted by atomic mass is 10.1. The molecule has 0 spiro atoms. The molecule has 0 radical (unpaired) electrons. The van der Waals surface area contributed by atoms with Gasteiger partial charge >= 0.3 is 0 Å². The van der Waals surface area contributed by atoms with Crippen LogP contribution in [0.25, 0.3) is 21.3 Å². The van der Waals surface area contributed by atoms with Gasteiger partial charge < -0.3 is 0 Å². The van der Waals surface area contributed by atoms with Gasteiger partial charge in [-0.3, -0.25) is 9.36 Å². The van der Waals surface area contributed by atoms with Gasteiger partial charge in [-0.2, -0.15) is 0 Å². The van der Waals surface area contributed by atoms with Crippen molar-refractivity contribution in [1.29, 1.82) is 0 Å². The molecule has 0 atom stereocenters. The third kappa shape index (κ3) is 2.26. The zero-order chi connectivity index (χ0) is 15.0. The van der Waals surface area contributed by atoms with E-state index in [1.165, 1.54) is 16.9 Å². The number of aromatic nitrogens is 2. The van der Waals surface area contributed by atoms with Gasteiger partial charge in [0.25, 0.3) is 5.56 Å². The van der Waals surface area contributed by atoms with Crippen LogP contribution in [0, 0.1) is 26.2 Å². The van der Waals surface area contributed by atoms with Crippen molar-refractivity contribution in [3.8, 4) is 23.5 Å². The van der Waals surface area contributed by atoms with Crippen molar-refractivity contribution in [3.63, 3.8) is 0 Å². The van der Waals surface area contributed by atoms with E-state index in [4.69, 9.17) is 6.42 Å². The maximum absolute atomic E-state index is 12.7. The molecule has 4 heteroatoms. The molecule has 0 saturated carbocycles. The molecular formula is C17H14N2OS. The maximum Gasteiger partial charge on any atom is 0.263 e. The summed E-state index contributed by atoms with van der Waals surface area (Å²) >= 11 is 1.49. The van der Waals surface area contributed by atoms with Gasteiger partial charge in [0.15, 0.2) is 0 Å². The van der Waals surface area contributed by atoms with E-state index in [2.05, 4.69) is 10.9 Å². The topological polar surface area (TPSA) is 34.9 Å². The number of rotatable bonds is 2. The number of nitrogens with zero attached hydrogens (tertiary/aromatic N) is 2. The molecular weight excluding hydrogens is 280 g/mol. The molecule has 0 bridgehead atoms. The van der Waals surface area contributed by atoms with Crippen LogP contribution in [0.2, 0.25) is 0 Å². The van der Waals surface area contributed by atoms with Gasteiger partial charge in [-0.15, -0.1) is 17.8 Å². The average Bonchev–Trinajstić information content (AvgIpc) is 2.88. The molecule has 2 heterocycles. The van der Waals surface area contributed by atoms with Crippen LogP contribution >= 0.6 is 11.3 Å². The highest BCUT2D eigenvalue weighted by atomic mass is 32.1. The number of thiophene rings is 1. The Kier molecular flexibility index (Phi) is 3.36. The molecule has 3 nitrogen and oxygen atoms in total. The lowest BCUT2D eigenvalue weighted by molar-refractivity contribution is 0.743. The Bertz CT molecular complexity index is 911. The zero-order valence-corrected chi connectivity index (χ0v) is 12.7. The molecule has 21 heavy (non-hydrogen) atoms. The minimum Gasteiger partial charge on any atom is -0.284 e. The monoisotopic (exact) mass is 294 g/mol. The number of hydrogen-bond donors (Lipinski definition) is 0. The highest BCUT2D eigenvalue weighted by molar-refractivity contribution is 7.17. The molecule has 0 aliphatic heterocycles. The first kappa shape index (κ1) is 13.6. The summed E-state index contributed by atoms with van der Waals surface area (Å²) in [7, 11) is 0. The number of fused-ring (bicyclic) bond motifs is 1. The summed E-state index contributed by atoms with van der Waals surface area (Å²) in [6, 6.07) is 8.14. The molecule has 1 aromatic carbocycles. The standard InChI is InChI=1S/C17H14N2OS/c1-4-9-19-12(3)18-16-15(17(19)20)14(10-21-16)13-7-5-11(2)6-8-13/h1,5-8,10H,9H2,2-3H3. The van der Waals surface area contributed by atoms with Gasteiger partial charge in [0.1, 0.15) is 10.7 Å². The normalized spacial score (nSPS) is 10.7. The van der Waals surface area contributed by atoms with Crippen LogP contribution in [-0.4, -0.2) is 9.55 Å². The number of terminal acetylenes is 1. The Labute approximate surface area is 126 Å². The first-order valence-electron chi connectivity index (χ1n) is 6.61. The van der Waals surface area contributed by atoms with Gasteiger partial charge in [-0.1, -0.05) is 35.7 Å². The van der Waals surface area contributed by atoms with E-state index >= 15 is 0 Å². The van der Waals surface area contributed by atoms with Crippen LogP contribution in [0.15, 0.2) is 34.4 Å². The second kappa shape index (κ2) is 5.19. The molecule has 0 saturated heterocycles. The van der Waals surface area contributed by atoms with Crippen molar-refractivity contribution in [3.05, 3.63) is 51.4 Å². The van der Waals surface area contributed by atoms with Crippen molar-refractivity contribution in [1.82, 2.24) is 9.55 Å². The minimum atomic E-state index is -0.0627. The van der Waals surface area contributed by atoms with Gasteiger partial charge in [0.05, 0.1) is 11.9 Å². The molecule has 0 unspecified atom stereocenters. The van der Waals surface area contributed by atoms with Crippen molar-refractivity contribution in [2.24, 2.45) is 0 Å². The predicted octanol–water partition coefficient (Wildman–Crippen LogP) is 3.38. The third-order valence-electron chi connectivity index (χ3n) is 3.50. The van der Waals surface area contributed by atoms with Crippen molar-refractivity contribution < 1.29 is 0 Å². The van der Waals surface area contributed by atoms with Crippen molar-refractivity contribution >= 4 is 21.6 Å². The highest BCUT2D eigenvalue weighted by Crippen LogP contribution is 2.31. The third-order valence-corrected chi connectivity index (χ3v) is 4.37. The van der Waals surface area contributed by atoms with E-state index in [1.807, 2.05) is 43.5 Å². The Balaban J connectivity index is 2.31. The Hall–Kier alpha value is -2.38. The summed E-state index contributed by atoms with van der Waals surface area (Å²) in [5.41, 5.74) is 3.09. The van der Waals surface area contributed by atoms with E-state index in [1.54, 1.807) is 4.57 Å². The highest BCUT2D eigenvalue weighted by Gasteiger charge is 2.14. The fourth-order valence-electron chi connectivity index (χ4n) is 2.35. The molecule has 0 amide bonds. The van der Waals surface area contributed by atoms with Gasteiger partial charge in [0, 0.05) is 10.9 Å². The first-order chi connectivity index (χ1) is 10.1. The molecule has 0 aliphatic carbocycles. The number of benzene rings is 1. The molecule has 0 N–H and O–H groups in total. The summed E-state index contributed by atoms with van der Waals surface area (Å²) < 4.78 is 1.55. The summed E-state index contributed by atoms with van der Waals surface area (Å²) in [4.78, 5) is 18.0. The molecule has 0 fully saturated rings. The molecule has 3 rings (SSSR count). The summed E-state index contributed by atoms with van der Waals surface area (Å²) in [6.07, 6.45) is 5.35. The van der Waals surface area contributed by atoms with Gasteiger partial charge in [0.2, 0.25) is 0 Å². The van der Waals surface area contributed by atoms with E-state index < -0.39 is 0 Å². The van der Waals surface area contributed by atoms with Crippen molar-refractivity contribution in [2.75, 3.05) is 0 Å². The van der Waals surface area contributed by atoms with E-state index in [9.17, 15) is 4.79 Å². The van der Waals surface area contributed by atoms with Gasteiger partial charge in [-0.05, 0) is 19.4 Å². The Morgan fingerprint density at radius 2 is 2.00 bits per heavy atom. The summed E-state index contributed by atoms with van der Waals surface area (Å²) in [6.45, 7) is 4.10. The second-order valence-corrected chi connectivity index (χ2v) is 5.81. The van der Waals surface area contributed by atoms with Crippen LogP contribution in [0.1, 0.15) is 11.4 Å². The maximum atomic E-state index is 12.7. The fourth-order valence-corrected chi connectivity index (χ4v) is 3.33. The zero-order valence-electron chi connectivity index (χ0n) is 11.9. The summed E-state index contributed by atoms with van der Waals surface area (Å²) in [5, 5.41) is 2.65. The fraction of sp³-hybridized carbons (Fsp3) is 0.176. The van der Waals surface area contributed by atoms with Gasteiger partial charge in [-0.25, -0.2) is 4.98 Å². The van der Waals surface area contributed by atoms with Crippen LogP contribution in [0.4, 0.5) is 0 Å². The minimum absolute atomic E-state index is 0.0627. The number of hydrogen-bond acceptors (Lipinski definition) is 3. The molecule has 104 valence electrons. The first-order valence-corrected chi connectivity index (χ1v) is 7.49. The van der Waals surface area contributed by atoms with E-state index in [0.29, 0.717) is 11.2 Å². The molecule has 2 aromatic heterocycles. The second-order valence-electron chi connectivity index (χ2n) is 4.95. The van der Waals surface area contributed by atoms with Crippen LogP contribution < -0.4 is 5.56 Å². The SMILES string of the molecule is C#CCn1c(C)nc2scc(-c3ccc(C)cc3)c2c1=O. The Morgan fingerprint density at radius 3 is 2.67 bits per heavy atom. The summed E-state index contributed by atoms with van der Waals surface area (Å²) in [5.74, 6) is 3.17. The van der Waals surface area contributed by atoms with Crippen LogP contribution in [0.3, 0.4) is 0 Å². The Morgan fingerprint density at radius 1 is 1.29 bits per heavy atom. The average molecular weight is 294 g/mol. The lowest BCUT2D eigenvalue weighted by Gasteiger charge is -2.06. The lowest BCUT2D eigenvalue weighted by Crippen LogP contribution is -2.23. The van der Waals surface area contributed by atoms with Crippen LogP contribution in [0.5, 0.6) is 0 Å². The largest absolute Gasteiger partial charge is 0.284 e. The van der Waals surface area contributed by atoms with Crippen molar-refractivity contribution in [2.45, 2.75) is 20.4 Å². The molecule has 0 aliphatic rings. The molecule has 3 aromatic rings. The van der Waals surface area contributed by atoms with E-state index in [0.717, 1.165) is 16.0 Å². The quantitative estimate of drug-likeness (QED) is 0.679. The smallest absolute Gasteiger partial charge is 0.263 e.